The van der Waals surface area contributed by atoms with Gasteiger partial charge in [-0.1, -0.05) is 0 Å². The number of amides is 4. The Morgan fingerprint density at radius 2 is 1.61 bits per heavy atom. The SMILES string of the molecule is CC(O)C(NC(=O)C(CCC(N)=O)NC(=O)C1CCCN1)C(=O)NC(CCC(=O)O)C(=O)O. The van der Waals surface area contributed by atoms with E-state index < -0.39 is 78.7 Å². The highest BCUT2D eigenvalue weighted by molar-refractivity contribution is 5.94. The fourth-order valence-electron chi connectivity index (χ4n) is 3.18. The van der Waals surface area contributed by atoms with Crippen molar-refractivity contribution in [2.45, 2.75) is 75.7 Å². The van der Waals surface area contributed by atoms with Crippen LogP contribution in [0.15, 0.2) is 0 Å². The lowest BCUT2D eigenvalue weighted by atomic mass is 10.1. The van der Waals surface area contributed by atoms with Crippen LogP contribution in [0.2, 0.25) is 0 Å². The standard InChI is InChI=1S/C19H31N5O9/c1-9(25)15(18(31)23-12(19(32)33)5-7-14(27)28)24-17(30)11(4-6-13(20)26)22-16(29)10-3-2-8-21-10/h9-12,15,21,25H,2-8H2,1H3,(H2,20,26)(H,22,29)(H,23,31)(H,24,30)(H,27,28)(H,32,33). The van der Waals surface area contributed by atoms with Crippen molar-refractivity contribution in [3.63, 3.8) is 0 Å². The third-order valence-electron chi connectivity index (χ3n) is 5.01. The number of aliphatic hydroxyl groups excluding tert-OH is 1. The van der Waals surface area contributed by atoms with Gasteiger partial charge in [-0.2, -0.15) is 0 Å². The molecule has 4 amide bonds. The van der Waals surface area contributed by atoms with Gasteiger partial charge in [-0.3, -0.25) is 24.0 Å². The van der Waals surface area contributed by atoms with E-state index in [9.17, 15) is 39.0 Å². The molecule has 0 aliphatic carbocycles. The largest absolute Gasteiger partial charge is 0.481 e. The Bertz CT molecular complexity index is 752. The van der Waals surface area contributed by atoms with Gasteiger partial charge in [0, 0.05) is 12.8 Å². The number of aliphatic hydroxyl groups is 1. The van der Waals surface area contributed by atoms with E-state index in [0.29, 0.717) is 13.0 Å². The second kappa shape index (κ2) is 13.3. The number of aliphatic carboxylic acids is 2. The summed E-state index contributed by atoms with van der Waals surface area (Å²) in [5.74, 6) is -5.89. The fourth-order valence-corrected chi connectivity index (χ4v) is 3.18. The number of carboxylic acid groups (broad SMARTS) is 2. The summed E-state index contributed by atoms with van der Waals surface area (Å²) in [5, 5.41) is 37.7. The second-order valence-electron chi connectivity index (χ2n) is 7.77. The van der Waals surface area contributed by atoms with Gasteiger partial charge in [0.1, 0.15) is 18.1 Å². The van der Waals surface area contributed by atoms with E-state index in [1.807, 2.05) is 0 Å². The number of nitrogens with one attached hydrogen (secondary N) is 4. The van der Waals surface area contributed by atoms with Crippen molar-refractivity contribution in [2.24, 2.45) is 5.73 Å². The van der Waals surface area contributed by atoms with E-state index in [0.717, 1.165) is 6.42 Å². The van der Waals surface area contributed by atoms with Crippen molar-refractivity contribution in [1.82, 2.24) is 21.3 Å². The van der Waals surface area contributed by atoms with Gasteiger partial charge in [-0.15, -0.1) is 0 Å². The Labute approximate surface area is 189 Å². The van der Waals surface area contributed by atoms with Crippen LogP contribution in [0.3, 0.4) is 0 Å². The van der Waals surface area contributed by atoms with Crippen LogP contribution in [0.1, 0.15) is 45.4 Å². The van der Waals surface area contributed by atoms with Crippen LogP contribution in [0.25, 0.3) is 0 Å². The lowest BCUT2D eigenvalue weighted by Crippen LogP contribution is -2.59. The van der Waals surface area contributed by atoms with E-state index in [1.54, 1.807) is 0 Å². The highest BCUT2D eigenvalue weighted by Gasteiger charge is 2.33. The molecule has 1 fully saturated rings. The maximum absolute atomic E-state index is 12.8. The van der Waals surface area contributed by atoms with Gasteiger partial charge in [0.15, 0.2) is 0 Å². The van der Waals surface area contributed by atoms with Crippen molar-refractivity contribution in [2.75, 3.05) is 6.54 Å². The molecule has 1 rings (SSSR count). The number of primary amides is 1. The molecule has 0 radical (unpaired) electrons. The average molecular weight is 473 g/mol. The van der Waals surface area contributed by atoms with E-state index in [2.05, 4.69) is 21.3 Å². The van der Waals surface area contributed by atoms with Gasteiger partial charge >= 0.3 is 11.9 Å². The van der Waals surface area contributed by atoms with Crippen LogP contribution in [-0.2, 0) is 28.8 Å². The molecule has 9 N–H and O–H groups in total. The zero-order valence-electron chi connectivity index (χ0n) is 18.2. The van der Waals surface area contributed by atoms with Crippen molar-refractivity contribution in [1.29, 1.82) is 0 Å². The molecule has 1 aliphatic heterocycles. The lowest BCUT2D eigenvalue weighted by Gasteiger charge is -2.26. The minimum Gasteiger partial charge on any atom is -0.481 e. The molecule has 33 heavy (non-hydrogen) atoms. The Morgan fingerprint density at radius 3 is 2.09 bits per heavy atom. The van der Waals surface area contributed by atoms with E-state index >= 15 is 0 Å². The Balaban J connectivity index is 2.89. The molecule has 5 atom stereocenters. The third-order valence-corrected chi connectivity index (χ3v) is 5.01. The van der Waals surface area contributed by atoms with E-state index in [4.69, 9.17) is 10.8 Å². The zero-order chi connectivity index (χ0) is 25.1. The number of hydrogen-bond donors (Lipinski definition) is 8. The molecule has 0 aromatic carbocycles. The van der Waals surface area contributed by atoms with Crippen molar-refractivity contribution < 1.29 is 44.1 Å². The molecule has 5 unspecified atom stereocenters. The molecule has 0 aromatic heterocycles. The molecular formula is C19H31N5O9. The Hall–Kier alpha value is -3.26. The van der Waals surface area contributed by atoms with Crippen molar-refractivity contribution in [3.8, 4) is 0 Å². The molecule has 186 valence electrons. The van der Waals surface area contributed by atoms with Gasteiger partial charge in [0.05, 0.1) is 12.1 Å². The van der Waals surface area contributed by atoms with Gasteiger partial charge in [0.25, 0.3) is 0 Å². The Kier molecular flexibility index (Phi) is 11.2. The summed E-state index contributed by atoms with van der Waals surface area (Å²) < 4.78 is 0. The molecule has 1 heterocycles. The lowest BCUT2D eigenvalue weighted by molar-refractivity contribution is -0.144. The molecule has 14 heteroatoms. The predicted molar refractivity (Wildman–Crippen MR) is 111 cm³/mol. The monoisotopic (exact) mass is 473 g/mol. The highest BCUT2D eigenvalue weighted by atomic mass is 16.4. The number of nitrogens with two attached hydrogens (primary N) is 1. The third kappa shape index (κ3) is 9.82. The zero-order valence-corrected chi connectivity index (χ0v) is 18.2. The maximum atomic E-state index is 12.8. The Morgan fingerprint density at radius 1 is 0.970 bits per heavy atom. The summed E-state index contributed by atoms with van der Waals surface area (Å²) >= 11 is 0. The number of carbonyl (C=O) groups excluding carboxylic acids is 4. The smallest absolute Gasteiger partial charge is 0.326 e. The van der Waals surface area contributed by atoms with Crippen LogP contribution in [0.5, 0.6) is 0 Å². The first-order valence-corrected chi connectivity index (χ1v) is 10.5. The molecule has 0 bridgehead atoms. The van der Waals surface area contributed by atoms with Gasteiger partial charge in [-0.05, 0) is 39.2 Å². The first-order valence-electron chi connectivity index (χ1n) is 10.5. The normalized spacial score (nSPS) is 18.9. The molecule has 0 spiro atoms. The molecule has 14 nitrogen and oxygen atoms in total. The average Bonchev–Trinajstić information content (AvgIpc) is 3.26. The van der Waals surface area contributed by atoms with Crippen LogP contribution in [0, 0.1) is 0 Å². The molecule has 1 saturated heterocycles. The van der Waals surface area contributed by atoms with Crippen LogP contribution >= 0.6 is 0 Å². The summed E-state index contributed by atoms with van der Waals surface area (Å²) in [6, 6.07) is -4.94. The van der Waals surface area contributed by atoms with Crippen LogP contribution < -0.4 is 27.0 Å². The molecular weight excluding hydrogens is 442 g/mol. The first-order chi connectivity index (χ1) is 15.4. The number of carbonyl (C=O) groups is 6. The van der Waals surface area contributed by atoms with Crippen LogP contribution in [-0.4, -0.2) is 87.7 Å². The summed E-state index contributed by atoms with van der Waals surface area (Å²) in [5.41, 5.74) is 5.13. The topological polar surface area (TPSA) is 237 Å². The quantitative estimate of drug-likeness (QED) is 0.126. The minimum atomic E-state index is -1.61. The predicted octanol–water partition coefficient (Wildman–Crippen LogP) is -3.21. The number of carboxylic acids is 2. The van der Waals surface area contributed by atoms with Gasteiger partial charge in [0.2, 0.25) is 23.6 Å². The van der Waals surface area contributed by atoms with E-state index in [-0.39, 0.29) is 12.8 Å². The van der Waals surface area contributed by atoms with Gasteiger partial charge < -0.3 is 42.3 Å². The van der Waals surface area contributed by atoms with E-state index in [1.165, 1.54) is 6.92 Å². The fraction of sp³-hybridized carbons (Fsp3) is 0.684. The van der Waals surface area contributed by atoms with Gasteiger partial charge in [-0.25, -0.2) is 4.79 Å². The van der Waals surface area contributed by atoms with Crippen molar-refractivity contribution >= 4 is 35.6 Å². The molecule has 0 aromatic rings. The van der Waals surface area contributed by atoms with Crippen LogP contribution in [0.4, 0.5) is 0 Å². The summed E-state index contributed by atoms with van der Waals surface area (Å²) in [4.78, 5) is 70.9. The molecule has 1 aliphatic rings. The van der Waals surface area contributed by atoms with Crippen molar-refractivity contribution in [3.05, 3.63) is 0 Å². The maximum Gasteiger partial charge on any atom is 0.326 e. The number of rotatable bonds is 14. The first kappa shape index (κ1) is 27.8. The summed E-state index contributed by atoms with van der Waals surface area (Å²) in [6.45, 7) is 1.81. The number of hydrogen-bond acceptors (Lipinski definition) is 8. The summed E-state index contributed by atoms with van der Waals surface area (Å²) in [7, 11) is 0. The summed E-state index contributed by atoms with van der Waals surface area (Å²) in [6.07, 6.45) is -1.48. The molecule has 0 saturated carbocycles. The highest BCUT2D eigenvalue weighted by Crippen LogP contribution is 2.08. The minimum absolute atomic E-state index is 0.163. The second-order valence-corrected chi connectivity index (χ2v) is 7.77.